The van der Waals surface area contributed by atoms with Gasteiger partial charge >= 0.3 is 0 Å². The highest BCUT2D eigenvalue weighted by molar-refractivity contribution is 7.89. The number of piperazine rings is 1. The van der Waals surface area contributed by atoms with Crippen LogP contribution in [0.25, 0.3) is 0 Å². The fourth-order valence-corrected chi connectivity index (χ4v) is 2.01. The molecular weight excluding hydrogens is 284 g/mol. The Morgan fingerprint density at radius 1 is 0.722 bits per heavy atom. The Labute approximate surface area is 106 Å². The first-order valence-electron chi connectivity index (χ1n) is 4.95. The molecule has 0 aromatic rings. The van der Waals surface area contributed by atoms with Gasteiger partial charge in [-0.15, -0.1) is 0 Å². The molecule has 0 atom stereocenters. The van der Waals surface area contributed by atoms with Crippen LogP contribution in [-0.2, 0) is 20.2 Å². The lowest BCUT2D eigenvalue weighted by Crippen LogP contribution is -2.41. The third-order valence-corrected chi connectivity index (χ3v) is 3.17. The number of nitrogens with zero attached hydrogens (tertiary/aromatic N) is 2. The fourth-order valence-electron chi connectivity index (χ4n) is 1.36. The van der Waals surface area contributed by atoms with Crippen molar-refractivity contribution in [1.82, 2.24) is 9.80 Å². The van der Waals surface area contributed by atoms with Crippen molar-refractivity contribution in [3.05, 3.63) is 23.2 Å². The fraction of sp³-hybridized carbons (Fsp3) is 0.500. The Morgan fingerprint density at radius 3 is 1.22 bits per heavy atom. The molecule has 0 unspecified atom stereocenters. The lowest BCUT2D eigenvalue weighted by Gasteiger charge is -2.33. The zero-order valence-electron chi connectivity index (χ0n) is 9.38. The topological polar surface area (TPSA) is 115 Å². The summed E-state index contributed by atoms with van der Waals surface area (Å²) in [5.41, 5.74) is 0. The van der Waals surface area contributed by atoms with E-state index in [4.69, 9.17) is 9.11 Å². The molecule has 0 radical (unpaired) electrons. The van der Waals surface area contributed by atoms with Crippen LogP contribution in [0.15, 0.2) is 23.2 Å². The third kappa shape index (κ3) is 6.59. The molecule has 10 heteroatoms. The van der Waals surface area contributed by atoms with E-state index in [-0.39, 0.29) is 0 Å². The molecule has 1 fully saturated rings. The lowest BCUT2D eigenvalue weighted by atomic mass is 10.3. The van der Waals surface area contributed by atoms with Gasteiger partial charge in [0.25, 0.3) is 20.2 Å². The molecule has 18 heavy (non-hydrogen) atoms. The molecule has 104 valence electrons. The number of rotatable bonds is 4. The first-order chi connectivity index (χ1) is 8.16. The summed E-state index contributed by atoms with van der Waals surface area (Å²) in [6.45, 7) is 1.90. The second-order valence-electron chi connectivity index (χ2n) is 3.67. The van der Waals surface area contributed by atoms with Gasteiger partial charge in [-0.3, -0.25) is 9.11 Å². The van der Waals surface area contributed by atoms with Crippen LogP contribution in [0.3, 0.4) is 0 Å². The zero-order chi connectivity index (χ0) is 13.8. The summed E-state index contributed by atoms with van der Waals surface area (Å²) in [4.78, 5) is 3.34. The summed E-state index contributed by atoms with van der Waals surface area (Å²) >= 11 is 0. The van der Waals surface area contributed by atoms with Crippen molar-refractivity contribution in [3.63, 3.8) is 0 Å². The van der Waals surface area contributed by atoms with Crippen LogP contribution < -0.4 is 0 Å². The van der Waals surface area contributed by atoms with Gasteiger partial charge in [-0.2, -0.15) is 16.8 Å². The average Bonchev–Trinajstić information content (AvgIpc) is 2.23. The Balaban J connectivity index is 2.47. The normalized spacial score (nSPS) is 19.0. The van der Waals surface area contributed by atoms with Crippen LogP contribution in [-0.4, -0.2) is 61.9 Å². The van der Waals surface area contributed by atoms with Crippen molar-refractivity contribution >= 4 is 20.2 Å². The van der Waals surface area contributed by atoms with Gasteiger partial charge in [-0.25, -0.2) is 0 Å². The van der Waals surface area contributed by atoms with Crippen molar-refractivity contribution in [1.29, 1.82) is 0 Å². The summed E-state index contributed by atoms with van der Waals surface area (Å²) in [6.07, 6.45) is 2.53. The predicted molar refractivity (Wildman–Crippen MR) is 64.5 cm³/mol. The van der Waals surface area contributed by atoms with Crippen molar-refractivity contribution < 1.29 is 25.9 Å². The molecule has 0 amide bonds. The van der Waals surface area contributed by atoms with Gasteiger partial charge in [0.2, 0.25) is 0 Å². The van der Waals surface area contributed by atoms with E-state index in [1.54, 1.807) is 9.80 Å². The number of hydrogen-bond acceptors (Lipinski definition) is 6. The van der Waals surface area contributed by atoms with E-state index in [0.29, 0.717) is 37.0 Å². The van der Waals surface area contributed by atoms with Crippen LogP contribution in [0.2, 0.25) is 0 Å². The highest BCUT2D eigenvalue weighted by atomic mass is 32.2. The minimum Gasteiger partial charge on any atom is -0.373 e. The maximum atomic E-state index is 10.5. The molecule has 0 aliphatic carbocycles. The Morgan fingerprint density at radius 2 is 1.00 bits per heavy atom. The van der Waals surface area contributed by atoms with E-state index >= 15 is 0 Å². The second kappa shape index (κ2) is 5.69. The lowest BCUT2D eigenvalue weighted by molar-refractivity contribution is 0.218. The largest absolute Gasteiger partial charge is 0.373 e. The first-order valence-corrected chi connectivity index (χ1v) is 7.96. The number of hydrogen-bond donors (Lipinski definition) is 2. The maximum Gasteiger partial charge on any atom is 0.289 e. The van der Waals surface area contributed by atoms with E-state index in [2.05, 4.69) is 0 Å². The summed E-state index contributed by atoms with van der Waals surface area (Å²) in [5.74, 6) is 0. The molecule has 0 saturated carbocycles. The van der Waals surface area contributed by atoms with Gasteiger partial charge in [-0.1, -0.05) is 0 Å². The smallest absolute Gasteiger partial charge is 0.289 e. The van der Waals surface area contributed by atoms with E-state index in [1.165, 1.54) is 12.4 Å². The van der Waals surface area contributed by atoms with Crippen LogP contribution >= 0.6 is 0 Å². The molecule has 1 saturated heterocycles. The summed E-state index contributed by atoms with van der Waals surface area (Å²) in [6, 6.07) is 0. The van der Waals surface area contributed by atoms with Gasteiger partial charge in [0, 0.05) is 38.6 Å². The van der Waals surface area contributed by atoms with Gasteiger partial charge < -0.3 is 9.80 Å². The summed E-state index contributed by atoms with van der Waals surface area (Å²) in [5, 5.41) is 1.38. The van der Waals surface area contributed by atoms with Crippen LogP contribution in [0.5, 0.6) is 0 Å². The quantitative estimate of drug-likeness (QED) is 0.656. The Hall–Kier alpha value is -1.10. The third-order valence-electron chi connectivity index (χ3n) is 2.24. The highest BCUT2D eigenvalue weighted by Gasteiger charge is 2.12. The molecule has 0 aromatic heterocycles. The van der Waals surface area contributed by atoms with E-state index in [0.717, 1.165) is 0 Å². The van der Waals surface area contributed by atoms with Crippen LogP contribution in [0, 0.1) is 0 Å². The molecule has 2 N–H and O–H groups in total. The van der Waals surface area contributed by atoms with E-state index in [9.17, 15) is 16.8 Å². The van der Waals surface area contributed by atoms with Gasteiger partial charge in [0.05, 0.1) is 10.8 Å². The maximum absolute atomic E-state index is 10.5. The molecule has 0 aromatic carbocycles. The Kier molecular flexibility index (Phi) is 4.73. The molecule has 1 rings (SSSR count). The second-order valence-corrected chi connectivity index (χ2v) is 6.28. The first kappa shape index (κ1) is 15.0. The summed E-state index contributed by atoms with van der Waals surface area (Å²) < 4.78 is 58.9. The van der Waals surface area contributed by atoms with Crippen molar-refractivity contribution in [2.75, 3.05) is 26.2 Å². The molecule has 1 aliphatic heterocycles. The van der Waals surface area contributed by atoms with Crippen LogP contribution in [0.1, 0.15) is 0 Å². The molecular formula is C8H14N2O6S2. The monoisotopic (exact) mass is 298 g/mol. The SMILES string of the molecule is O=S(=O)(O)C=CN1CCN(C=CS(=O)(=O)O)CC1. The molecule has 0 bridgehead atoms. The predicted octanol–water partition coefficient (Wildman–Crippen LogP) is -0.678. The van der Waals surface area contributed by atoms with Crippen molar-refractivity contribution in [2.24, 2.45) is 0 Å². The minimum absolute atomic E-state index is 0.474. The molecule has 1 aliphatic rings. The molecule has 1 heterocycles. The highest BCUT2D eigenvalue weighted by Crippen LogP contribution is 2.04. The minimum atomic E-state index is -4.13. The van der Waals surface area contributed by atoms with Crippen LogP contribution in [0.4, 0.5) is 0 Å². The zero-order valence-corrected chi connectivity index (χ0v) is 11.0. The molecule has 0 spiro atoms. The van der Waals surface area contributed by atoms with Crippen molar-refractivity contribution in [2.45, 2.75) is 0 Å². The van der Waals surface area contributed by atoms with E-state index in [1.807, 2.05) is 0 Å². The van der Waals surface area contributed by atoms with Crippen molar-refractivity contribution in [3.8, 4) is 0 Å². The summed E-state index contributed by atoms with van der Waals surface area (Å²) in [7, 11) is -8.26. The Bertz CT molecular complexity index is 478. The van der Waals surface area contributed by atoms with Gasteiger partial charge in [0.1, 0.15) is 0 Å². The van der Waals surface area contributed by atoms with Gasteiger partial charge in [-0.05, 0) is 0 Å². The average molecular weight is 298 g/mol. The standard InChI is InChI=1S/C8H14N2O6S2/c11-17(12,13)7-5-9-1-2-10(4-3-9)6-8-18(14,15)16/h5-8H,1-4H2,(H,11,12,13)(H,14,15,16). The molecule has 8 nitrogen and oxygen atoms in total. The van der Waals surface area contributed by atoms with Gasteiger partial charge in [0.15, 0.2) is 0 Å². The van der Waals surface area contributed by atoms with E-state index < -0.39 is 20.2 Å².